The standard InChI is InChI=1S/C16H18ClN3O2/c1-4-14(20-11(3)9-10(2)18-16(20)22)15(21)19-13-7-5-12(17)6-8-13/h5-9,14H,4H2,1-3H3,(H,19,21)/t14-/m1/s1. The minimum absolute atomic E-state index is 0.249. The predicted octanol–water partition coefficient (Wildman–Crippen LogP) is 3.10. The summed E-state index contributed by atoms with van der Waals surface area (Å²) in [7, 11) is 0. The molecule has 0 spiro atoms. The highest BCUT2D eigenvalue weighted by Gasteiger charge is 2.21. The number of aryl methyl sites for hydroxylation is 2. The number of hydrogen-bond donors (Lipinski definition) is 1. The van der Waals surface area contributed by atoms with E-state index in [9.17, 15) is 9.59 Å². The van der Waals surface area contributed by atoms with E-state index in [1.54, 1.807) is 44.2 Å². The lowest BCUT2D eigenvalue weighted by molar-refractivity contribution is -0.119. The van der Waals surface area contributed by atoms with E-state index in [1.165, 1.54) is 4.57 Å². The van der Waals surface area contributed by atoms with Crippen LogP contribution in [-0.2, 0) is 4.79 Å². The zero-order valence-corrected chi connectivity index (χ0v) is 13.5. The maximum absolute atomic E-state index is 12.5. The Bertz CT molecular complexity index is 738. The van der Waals surface area contributed by atoms with Gasteiger partial charge in [-0.2, -0.15) is 4.98 Å². The van der Waals surface area contributed by atoms with Gasteiger partial charge in [0.15, 0.2) is 0 Å². The highest BCUT2D eigenvalue weighted by atomic mass is 35.5. The lowest BCUT2D eigenvalue weighted by atomic mass is 10.1. The molecule has 0 aliphatic carbocycles. The quantitative estimate of drug-likeness (QED) is 0.941. The van der Waals surface area contributed by atoms with Gasteiger partial charge in [0.1, 0.15) is 6.04 Å². The van der Waals surface area contributed by atoms with Gasteiger partial charge >= 0.3 is 5.69 Å². The van der Waals surface area contributed by atoms with Gasteiger partial charge in [0.25, 0.3) is 0 Å². The number of hydrogen-bond acceptors (Lipinski definition) is 3. The lowest BCUT2D eigenvalue weighted by Crippen LogP contribution is -2.36. The van der Waals surface area contributed by atoms with Gasteiger partial charge in [-0.05, 0) is 50.6 Å². The van der Waals surface area contributed by atoms with Crippen molar-refractivity contribution >= 4 is 23.2 Å². The van der Waals surface area contributed by atoms with Crippen LogP contribution in [-0.4, -0.2) is 15.5 Å². The third-order valence-electron chi connectivity index (χ3n) is 3.39. The summed E-state index contributed by atoms with van der Waals surface area (Å²) in [6.45, 7) is 5.42. The summed E-state index contributed by atoms with van der Waals surface area (Å²) in [6, 6.07) is 8.02. The van der Waals surface area contributed by atoms with Crippen LogP contribution in [0.15, 0.2) is 35.1 Å². The molecule has 2 rings (SSSR count). The molecular weight excluding hydrogens is 302 g/mol. The zero-order chi connectivity index (χ0) is 16.3. The van der Waals surface area contributed by atoms with E-state index in [0.717, 1.165) is 5.69 Å². The van der Waals surface area contributed by atoms with Gasteiger partial charge in [0.05, 0.1) is 0 Å². The minimum atomic E-state index is -0.601. The third kappa shape index (κ3) is 3.54. The van der Waals surface area contributed by atoms with Crippen molar-refractivity contribution in [2.24, 2.45) is 0 Å². The summed E-state index contributed by atoms with van der Waals surface area (Å²) in [5.74, 6) is -0.249. The first-order valence-corrected chi connectivity index (χ1v) is 7.43. The largest absolute Gasteiger partial charge is 0.348 e. The van der Waals surface area contributed by atoms with Crippen LogP contribution in [0.5, 0.6) is 0 Å². The molecule has 0 unspecified atom stereocenters. The van der Waals surface area contributed by atoms with Crippen LogP contribution in [0.1, 0.15) is 30.8 Å². The van der Waals surface area contributed by atoms with Gasteiger partial charge in [-0.25, -0.2) is 4.79 Å². The molecule has 1 heterocycles. The summed E-state index contributed by atoms with van der Waals surface area (Å²) in [5.41, 5.74) is 1.59. The number of rotatable bonds is 4. The summed E-state index contributed by atoms with van der Waals surface area (Å²) in [6.07, 6.45) is 0.491. The smallest absolute Gasteiger partial charge is 0.324 e. The number of nitrogens with one attached hydrogen (secondary N) is 1. The summed E-state index contributed by atoms with van der Waals surface area (Å²) < 4.78 is 1.43. The molecule has 1 atom stereocenters. The SMILES string of the molecule is CC[C@H](C(=O)Nc1ccc(Cl)cc1)n1c(C)cc(C)nc1=O. The van der Waals surface area contributed by atoms with Crippen LogP contribution >= 0.6 is 11.6 Å². The zero-order valence-electron chi connectivity index (χ0n) is 12.8. The first-order chi connectivity index (χ1) is 10.4. The van der Waals surface area contributed by atoms with Gasteiger partial charge < -0.3 is 5.32 Å². The van der Waals surface area contributed by atoms with Crippen molar-refractivity contribution < 1.29 is 4.79 Å². The molecule has 0 aliphatic heterocycles. The molecule has 116 valence electrons. The van der Waals surface area contributed by atoms with Crippen LogP contribution in [0.3, 0.4) is 0 Å². The Balaban J connectivity index is 2.30. The van der Waals surface area contributed by atoms with E-state index in [4.69, 9.17) is 11.6 Å². The van der Waals surface area contributed by atoms with Crippen LogP contribution in [0.4, 0.5) is 5.69 Å². The summed E-state index contributed by atoms with van der Waals surface area (Å²) >= 11 is 5.82. The number of aromatic nitrogens is 2. The van der Waals surface area contributed by atoms with Gasteiger partial charge in [0, 0.05) is 22.1 Å². The molecule has 0 bridgehead atoms. The molecule has 0 aliphatic rings. The molecule has 0 fully saturated rings. The maximum atomic E-state index is 12.5. The highest BCUT2D eigenvalue weighted by Crippen LogP contribution is 2.17. The van der Waals surface area contributed by atoms with Crippen molar-refractivity contribution in [2.45, 2.75) is 33.2 Å². The predicted molar refractivity (Wildman–Crippen MR) is 87.4 cm³/mol. The molecule has 0 saturated carbocycles. The second-order valence-corrected chi connectivity index (χ2v) is 5.55. The maximum Gasteiger partial charge on any atom is 0.348 e. The van der Waals surface area contributed by atoms with E-state index in [2.05, 4.69) is 10.3 Å². The molecule has 1 aromatic heterocycles. The molecule has 0 radical (unpaired) electrons. The number of anilines is 1. The molecular formula is C16H18ClN3O2. The highest BCUT2D eigenvalue weighted by molar-refractivity contribution is 6.30. The minimum Gasteiger partial charge on any atom is -0.324 e. The van der Waals surface area contributed by atoms with Crippen LogP contribution < -0.4 is 11.0 Å². The second kappa shape index (κ2) is 6.75. The number of carbonyl (C=O) groups is 1. The molecule has 0 saturated heterocycles. The summed E-state index contributed by atoms with van der Waals surface area (Å²) in [5, 5.41) is 3.40. The van der Waals surface area contributed by atoms with Gasteiger partial charge in [-0.1, -0.05) is 18.5 Å². The van der Waals surface area contributed by atoms with Gasteiger partial charge in [-0.15, -0.1) is 0 Å². The fourth-order valence-corrected chi connectivity index (χ4v) is 2.51. The Labute approximate surface area is 134 Å². The van der Waals surface area contributed by atoms with Crippen molar-refractivity contribution in [2.75, 3.05) is 5.32 Å². The third-order valence-corrected chi connectivity index (χ3v) is 3.64. The van der Waals surface area contributed by atoms with Crippen molar-refractivity contribution in [1.29, 1.82) is 0 Å². The lowest BCUT2D eigenvalue weighted by Gasteiger charge is -2.20. The van der Waals surface area contributed by atoms with Crippen molar-refractivity contribution in [3.8, 4) is 0 Å². The van der Waals surface area contributed by atoms with Crippen LogP contribution in [0.2, 0.25) is 5.02 Å². The Kier molecular flexibility index (Phi) is 4.98. The fourth-order valence-electron chi connectivity index (χ4n) is 2.38. The molecule has 1 N–H and O–H groups in total. The first kappa shape index (κ1) is 16.2. The number of benzene rings is 1. The molecule has 6 heteroatoms. The van der Waals surface area contributed by atoms with E-state index in [1.807, 2.05) is 6.92 Å². The second-order valence-electron chi connectivity index (χ2n) is 5.11. The Morgan fingerprint density at radius 1 is 1.32 bits per heavy atom. The van der Waals surface area contributed by atoms with Crippen molar-refractivity contribution in [3.63, 3.8) is 0 Å². The number of nitrogens with zero attached hydrogens (tertiary/aromatic N) is 2. The molecule has 22 heavy (non-hydrogen) atoms. The summed E-state index contributed by atoms with van der Waals surface area (Å²) in [4.78, 5) is 28.5. The van der Waals surface area contributed by atoms with Crippen molar-refractivity contribution in [3.05, 3.63) is 57.2 Å². The van der Waals surface area contributed by atoms with E-state index >= 15 is 0 Å². The van der Waals surface area contributed by atoms with E-state index < -0.39 is 11.7 Å². The molecule has 1 amide bonds. The fraction of sp³-hybridized carbons (Fsp3) is 0.312. The monoisotopic (exact) mass is 319 g/mol. The number of halogens is 1. The topological polar surface area (TPSA) is 64.0 Å². The molecule has 1 aromatic carbocycles. The Morgan fingerprint density at radius 2 is 1.95 bits per heavy atom. The van der Waals surface area contributed by atoms with Gasteiger partial charge in [0.2, 0.25) is 5.91 Å². The number of carbonyl (C=O) groups excluding carboxylic acids is 1. The average molecular weight is 320 g/mol. The Morgan fingerprint density at radius 3 is 2.50 bits per heavy atom. The van der Waals surface area contributed by atoms with E-state index in [-0.39, 0.29) is 5.91 Å². The van der Waals surface area contributed by atoms with E-state index in [0.29, 0.717) is 22.8 Å². The number of amides is 1. The van der Waals surface area contributed by atoms with Crippen molar-refractivity contribution in [1.82, 2.24) is 9.55 Å². The van der Waals surface area contributed by atoms with Crippen LogP contribution in [0.25, 0.3) is 0 Å². The Hall–Kier alpha value is -2.14. The van der Waals surface area contributed by atoms with Gasteiger partial charge in [-0.3, -0.25) is 9.36 Å². The first-order valence-electron chi connectivity index (χ1n) is 7.05. The average Bonchev–Trinajstić information content (AvgIpc) is 2.45. The normalized spacial score (nSPS) is 12.0. The van der Waals surface area contributed by atoms with Crippen LogP contribution in [0, 0.1) is 13.8 Å². The molecule has 5 nitrogen and oxygen atoms in total. The molecule has 2 aromatic rings.